The lowest BCUT2D eigenvalue weighted by Gasteiger charge is -2.30. The predicted molar refractivity (Wildman–Crippen MR) is 139 cm³/mol. The molecule has 0 unspecified atom stereocenters. The van der Waals surface area contributed by atoms with Crippen LogP contribution in [0, 0.1) is 0 Å². The molecule has 3 aromatic carbocycles. The van der Waals surface area contributed by atoms with Crippen molar-refractivity contribution in [2.45, 2.75) is 25.8 Å². The number of hydrogen-bond acceptors (Lipinski definition) is 4. The minimum absolute atomic E-state index is 0.0753. The van der Waals surface area contributed by atoms with Crippen LogP contribution in [0.3, 0.4) is 0 Å². The van der Waals surface area contributed by atoms with E-state index in [1.807, 2.05) is 42.5 Å². The molecule has 0 radical (unpaired) electrons. The Kier molecular flexibility index (Phi) is 6.57. The van der Waals surface area contributed by atoms with Gasteiger partial charge in [0, 0.05) is 29.2 Å². The first-order chi connectivity index (χ1) is 17.0. The van der Waals surface area contributed by atoms with E-state index >= 15 is 0 Å². The standard InChI is InChI=1S/C28H26ClN3O3/c29-21-9-12-23-24(16-21)31-28(35)26(23)27(20-7-2-18(3-8-20)6-13-25(33)34)30-22-10-4-19(5-11-22)17-32-14-1-15-32/h2-5,7-12,16,30H,1,6,13-15,17H2,(H,31,35)(H,33,34). The molecule has 1 saturated heterocycles. The fraction of sp³-hybridized carbons (Fsp3) is 0.214. The molecule has 178 valence electrons. The van der Waals surface area contributed by atoms with Gasteiger partial charge in [-0.1, -0.05) is 54.1 Å². The van der Waals surface area contributed by atoms with Crippen molar-refractivity contribution in [1.82, 2.24) is 4.90 Å². The van der Waals surface area contributed by atoms with Gasteiger partial charge in [-0.05, 0) is 66.9 Å². The number of anilines is 2. The second kappa shape index (κ2) is 9.94. The number of carboxylic acids is 1. The summed E-state index contributed by atoms with van der Waals surface area (Å²) in [7, 11) is 0. The molecule has 2 aliphatic heterocycles. The molecular weight excluding hydrogens is 462 g/mol. The molecule has 2 heterocycles. The van der Waals surface area contributed by atoms with Crippen molar-refractivity contribution in [3.05, 3.63) is 94.0 Å². The molecule has 0 aromatic heterocycles. The largest absolute Gasteiger partial charge is 0.481 e. The summed E-state index contributed by atoms with van der Waals surface area (Å²) >= 11 is 6.15. The summed E-state index contributed by atoms with van der Waals surface area (Å²) in [6.07, 6.45) is 1.79. The van der Waals surface area contributed by atoms with Crippen molar-refractivity contribution in [1.29, 1.82) is 0 Å². The molecule has 5 rings (SSSR count). The van der Waals surface area contributed by atoms with Crippen LogP contribution in [0.25, 0.3) is 11.3 Å². The van der Waals surface area contributed by atoms with Gasteiger partial charge in [-0.2, -0.15) is 0 Å². The van der Waals surface area contributed by atoms with Crippen LogP contribution in [-0.2, 0) is 22.6 Å². The maximum Gasteiger partial charge on any atom is 0.303 e. The smallest absolute Gasteiger partial charge is 0.303 e. The summed E-state index contributed by atoms with van der Waals surface area (Å²) in [5, 5.41) is 15.9. The van der Waals surface area contributed by atoms with Gasteiger partial charge in [-0.15, -0.1) is 0 Å². The van der Waals surface area contributed by atoms with Crippen LogP contribution in [0.4, 0.5) is 11.4 Å². The predicted octanol–water partition coefficient (Wildman–Crippen LogP) is 5.50. The van der Waals surface area contributed by atoms with E-state index in [2.05, 4.69) is 27.7 Å². The van der Waals surface area contributed by atoms with E-state index in [9.17, 15) is 9.59 Å². The number of nitrogens with zero attached hydrogens (tertiary/aromatic N) is 1. The van der Waals surface area contributed by atoms with Crippen LogP contribution >= 0.6 is 11.6 Å². The lowest BCUT2D eigenvalue weighted by Crippen LogP contribution is -2.36. The molecule has 0 spiro atoms. The number of halogens is 1. The Labute approximate surface area is 209 Å². The van der Waals surface area contributed by atoms with Gasteiger partial charge in [0.1, 0.15) is 0 Å². The Hall–Kier alpha value is -3.61. The average Bonchev–Trinajstić information content (AvgIpc) is 3.14. The maximum absolute atomic E-state index is 13.1. The van der Waals surface area contributed by atoms with Gasteiger partial charge in [0.05, 0.1) is 17.0 Å². The third-order valence-corrected chi connectivity index (χ3v) is 6.66. The fourth-order valence-electron chi connectivity index (χ4n) is 4.40. The summed E-state index contributed by atoms with van der Waals surface area (Å²) in [5.74, 6) is -1.02. The number of benzene rings is 3. The quantitative estimate of drug-likeness (QED) is 0.366. The summed E-state index contributed by atoms with van der Waals surface area (Å²) in [5.41, 5.74) is 6.59. The monoisotopic (exact) mass is 487 g/mol. The maximum atomic E-state index is 13.1. The Bertz CT molecular complexity index is 1300. The number of likely N-dealkylation sites (tertiary alicyclic amines) is 1. The van der Waals surface area contributed by atoms with E-state index in [0.29, 0.717) is 28.4 Å². The van der Waals surface area contributed by atoms with Crippen molar-refractivity contribution < 1.29 is 14.7 Å². The first-order valence-corrected chi connectivity index (χ1v) is 12.1. The lowest BCUT2D eigenvalue weighted by molar-refractivity contribution is -0.137. The van der Waals surface area contributed by atoms with E-state index in [-0.39, 0.29) is 12.3 Å². The van der Waals surface area contributed by atoms with E-state index in [1.165, 1.54) is 12.0 Å². The van der Waals surface area contributed by atoms with Gasteiger partial charge >= 0.3 is 5.97 Å². The van der Waals surface area contributed by atoms with Gasteiger partial charge in [-0.3, -0.25) is 14.5 Å². The summed E-state index contributed by atoms with van der Waals surface area (Å²) in [4.78, 5) is 26.4. The zero-order valence-electron chi connectivity index (χ0n) is 19.2. The Morgan fingerprint density at radius 2 is 1.71 bits per heavy atom. The van der Waals surface area contributed by atoms with Crippen LogP contribution in [0.2, 0.25) is 5.02 Å². The average molecular weight is 488 g/mol. The Morgan fingerprint density at radius 3 is 2.37 bits per heavy atom. The number of aryl methyl sites for hydroxylation is 1. The highest BCUT2D eigenvalue weighted by Crippen LogP contribution is 2.39. The third-order valence-electron chi connectivity index (χ3n) is 6.42. The number of hydrogen-bond donors (Lipinski definition) is 3. The van der Waals surface area contributed by atoms with Crippen molar-refractivity contribution in [3.63, 3.8) is 0 Å². The normalized spacial score (nSPS) is 16.3. The molecule has 0 bridgehead atoms. The van der Waals surface area contributed by atoms with Crippen LogP contribution < -0.4 is 10.6 Å². The van der Waals surface area contributed by atoms with Crippen LogP contribution in [0.1, 0.15) is 35.1 Å². The number of carboxylic acid groups (broad SMARTS) is 1. The van der Waals surface area contributed by atoms with Crippen molar-refractivity contribution in [3.8, 4) is 0 Å². The fourth-order valence-corrected chi connectivity index (χ4v) is 4.57. The first-order valence-electron chi connectivity index (χ1n) is 11.7. The molecule has 0 saturated carbocycles. The molecule has 3 aromatic rings. The highest BCUT2D eigenvalue weighted by Gasteiger charge is 2.28. The lowest BCUT2D eigenvalue weighted by atomic mass is 9.98. The van der Waals surface area contributed by atoms with Crippen molar-refractivity contribution in [2.24, 2.45) is 0 Å². The Balaban J connectivity index is 1.49. The highest BCUT2D eigenvalue weighted by molar-refractivity contribution is 6.38. The molecular formula is C28H26ClN3O3. The highest BCUT2D eigenvalue weighted by atomic mass is 35.5. The first kappa shape index (κ1) is 23.1. The van der Waals surface area contributed by atoms with E-state index in [1.54, 1.807) is 12.1 Å². The molecule has 35 heavy (non-hydrogen) atoms. The number of rotatable bonds is 8. The summed E-state index contributed by atoms with van der Waals surface area (Å²) in [6, 6.07) is 21.3. The number of carbonyl (C=O) groups is 2. The van der Waals surface area contributed by atoms with E-state index in [4.69, 9.17) is 16.7 Å². The number of aliphatic carboxylic acids is 1. The zero-order chi connectivity index (χ0) is 24.4. The summed E-state index contributed by atoms with van der Waals surface area (Å²) in [6.45, 7) is 3.25. The molecule has 1 amide bonds. The van der Waals surface area contributed by atoms with Gasteiger partial charge < -0.3 is 15.7 Å². The molecule has 0 aliphatic carbocycles. The molecule has 0 atom stereocenters. The van der Waals surface area contributed by atoms with Crippen molar-refractivity contribution >= 4 is 46.1 Å². The second-order valence-corrected chi connectivity index (χ2v) is 9.37. The molecule has 7 heteroatoms. The van der Waals surface area contributed by atoms with E-state index < -0.39 is 5.97 Å². The van der Waals surface area contributed by atoms with Crippen molar-refractivity contribution in [2.75, 3.05) is 23.7 Å². The van der Waals surface area contributed by atoms with E-state index in [0.717, 1.165) is 42.0 Å². The number of amides is 1. The van der Waals surface area contributed by atoms with Crippen LogP contribution in [0.5, 0.6) is 0 Å². The van der Waals surface area contributed by atoms with Gasteiger partial charge in [0.2, 0.25) is 0 Å². The molecule has 6 nitrogen and oxygen atoms in total. The SMILES string of the molecule is O=C(O)CCc1ccc(C(Nc2ccc(CN3CCC3)cc2)=C2C(=O)Nc3cc(Cl)ccc32)cc1. The van der Waals surface area contributed by atoms with Crippen LogP contribution in [0.15, 0.2) is 66.7 Å². The molecule has 1 fully saturated rings. The topological polar surface area (TPSA) is 81.7 Å². The van der Waals surface area contributed by atoms with Gasteiger partial charge in [-0.25, -0.2) is 0 Å². The minimum Gasteiger partial charge on any atom is -0.481 e. The minimum atomic E-state index is -0.825. The zero-order valence-corrected chi connectivity index (χ0v) is 19.9. The molecule has 3 N–H and O–H groups in total. The number of nitrogens with one attached hydrogen (secondary N) is 2. The summed E-state index contributed by atoms with van der Waals surface area (Å²) < 4.78 is 0. The Morgan fingerprint density at radius 1 is 1.00 bits per heavy atom. The second-order valence-electron chi connectivity index (χ2n) is 8.94. The number of fused-ring (bicyclic) bond motifs is 1. The van der Waals surface area contributed by atoms with Crippen LogP contribution in [-0.4, -0.2) is 35.0 Å². The van der Waals surface area contributed by atoms with Gasteiger partial charge in [0.15, 0.2) is 0 Å². The third kappa shape index (κ3) is 5.24. The van der Waals surface area contributed by atoms with Gasteiger partial charge in [0.25, 0.3) is 5.91 Å². The molecule has 2 aliphatic rings. The number of carbonyl (C=O) groups excluding carboxylic acids is 1.